The highest BCUT2D eigenvalue weighted by Crippen LogP contribution is 1.96. The van der Waals surface area contributed by atoms with Crippen LogP contribution in [-0.2, 0) is 6.54 Å². The average Bonchev–Trinajstić information content (AvgIpc) is 2.59. The molecule has 2 nitrogen and oxygen atoms in total. The van der Waals surface area contributed by atoms with E-state index in [1.54, 1.807) is 12.7 Å². The van der Waals surface area contributed by atoms with Crippen molar-refractivity contribution in [1.82, 2.24) is 0 Å². The fourth-order valence-electron chi connectivity index (χ4n) is 1.15. The fraction of sp³-hybridized carbons (Fsp3) is 0.100. The van der Waals surface area contributed by atoms with Gasteiger partial charge < -0.3 is 21.4 Å². The van der Waals surface area contributed by atoms with E-state index in [2.05, 4.69) is 12.1 Å². The summed E-state index contributed by atoms with van der Waals surface area (Å²) in [5, 5.41) is 0. The van der Waals surface area contributed by atoms with Gasteiger partial charge in [-0.05, 0) is 0 Å². The van der Waals surface area contributed by atoms with Crippen LogP contribution >= 0.6 is 0 Å². The number of hydrogen-bond acceptors (Lipinski definition) is 1. The van der Waals surface area contributed by atoms with Gasteiger partial charge in [0.25, 0.3) is 0 Å². The van der Waals surface area contributed by atoms with Crippen LogP contribution in [-0.4, -0.2) is 0 Å². The summed E-state index contributed by atoms with van der Waals surface area (Å²) >= 11 is 0. The van der Waals surface area contributed by atoms with E-state index in [9.17, 15) is 0 Å². The van der Waals surface area contributed by atoms with Gasteiger partial charge in [-0.3, -0.25) is 0 Å². The first-order valence-electron chi connectivity index (χ1n) is 3.90. The van der Waals surface area contributed by atoms with Gasteiger partial charge in [0.05, 0.1) is 0 Å². The molecule has 68 valence electrons. The molecule has 3 heteroatoms. The van der Waals surface area contributed by atoms with Crippen LogP contribution in [0.1, 0.15) is 5.56 Å². The Morgan fingerprint density at radius 1 is 1.15 bits per heavy atom. The highest BCUT2D eigenvalue weighted by Gasteiger charge is 2.01. The number of oxazole rings is 1. The maximum absolute atomic E-state index is 4.95. The molecule has 13 heavy (non-hydrogen) atoms. The number of hydrogen-bond donors (Lipinski definition) is 0. The molecule has 0 bridgehead atoms. The molecule has 0 fully saturated rings. The van der Waals surface area contributed by atoms with Crippen LogP contribution in [0.2, 0.25) is 0 Å². The number of benzene rings is 1. The van der Waals surface area contributed by atoms with Gasteiger partial charge in [0.2, 0.25) is 6.20 Å². The standard InChI is InChI=1S/C10H10NO.BrH/c1-2-4-10(5-3-1)8-11-6-7-12-9-11;/h1-7,9H,8H2;1H/q+1;/p-1. The van der Waals surface area contributed by atoms with Crippen molar-refractivity contribution in [2.75, 3.05) is 0 Å². The van der Waals surface area contributed by atoms with Crippen molar-refractivity contribution >= 4 is 0 Å². The Kier molecular flexibility index (Phi) is 3.71. The minimum atomic E-state index is 0. The zero-order valence-corrected chi connectivity index (χ0v) is 8.65. The summed E-state index contributed by atoms with van der Waals surface area (Å²) in [6.45, 7) is 0.872. The van der Waals surface area contributed by atoms with Gasteiger partial charge in [0.15, 0.2) is 12.8 Å². The molecule has 2 aromatic rings. The number of aromatic nitrogens is 1. The highest BCUT2D eigenvalue weighted by molar-refractivity contribution is 5.13. The Hall–Kier alpha value is -1.09. The van der Waals surface area contributed by atoms with E-state index >= 15 is 0 Å². The van der Waals surface area contributed by atoms with Crippen LogP contribution in [0.25, 0.3) is 0 Å². The van der Waals surface area contributed by atoms with Crippen molar-refractivity contribution in [2.45, 2.75) is 6.54 Å². The monoisotopic (exact) mass is 239 g/mol. The van der Waals surface area contributed by atoms with E-state index in [0.29, 0.717) is 0 Å². The lowest BCUT2D eigenvalue weighted by Gasteiger charge is -1.91. The molecule has 0 radical (unpaired) electrons. The summed E-state index contributed by atoms with van der Waals surface area (Å²) in [6.07, 6.45) is 5.28. The van der Waals surface area contributed by atoms with Crippen molar-refractivity contribution in [3.8, 4) is 0 Å². The Morgan fingerprint density at radius 2 is 1.92 bits per heavy atom. The molecule has 0 amide bonds. The van der Waals surface area contributed by atoms with Crippen molar-refractivity contribution in [3.05, 3.63) is 54.7 Å². The summed E-state index contributed by atoms with van der Waals surface area (Å²) in [4.78, 5) is 0. The second-order valence-corrected chi connectivity index (χ2v) is 2.68. The van der Waals surface area contributed by atoms with Crippen molar-refractivity contribution in [3.63, 3.8) is 0 Å². The lowest BCUT2D eigenvalue weighted by Crippen LogP contribution is -3.00. The third kappa shape index (κ3) is 2.70. The molecule has 0 atom stereocenters. The summed E-state index contributed by atoms with van der Waals surface area (Å²) < 4.78 is 6.95. The van der Waals surface area contributed by atoms with E-state index < -0.39 is 0 Å². The molecule has 0 aliphatic heterocycles. The lowest BCUT2D eigenvalue weighted by atomic mass is 10.2. The average molecular weight is 240 g/mol. The summed E-state index contributed by atoms with van der Waals surface area (Å²) in [5.74, 6) is 0. The van der Waals surface area contributed by atoms with E-state index in [-0.39, 0.29) is 17.0 Å². The van der Waals surface area contributed by atoms with Gasteiger partial charge in [-0.2, -0.15) is 4.57 Å². The Bertz CT molecular complexity index is 331. The summed E-state index contributed by atoms with van der Waals surface area (Å²) in [5.41, 5.74) is 1.28. The predicted molar refractivity (Wildman–Crippen MR) is 44.4 cm³/mol. The maximum atomic E-state index is 4.95. The second-order valence-electron chi connectivity index (χ2n) is 2.68. The zero-order valence-electron chi connectivity index (χ0n) is 7.06. The smallest absolute Gasteiger partial charge is 0.334 e. The normalized spacial score (nSPS) is 9.23. The fourth-order valence-corrected chi connectivity index (χ4v) is 1.15. The number of nitrogens with zero attached hydrogens (tertiary/aromatic N) is 1. The molecule has 0 unspecified atom stereocenters. The van der Waals surface area contributed by atoms with Crippen molar-refractivity contribution < 1.29 is 26.0 Å². The molecule has 1 heterocycles. The maximum Gasteiger partial charge on any atom is 0.334 e. The van der Waals surface area contributed by atoms with Gasteiger partial charge in [0, 0.05) is 5.56 Å². The summed E-state index contributed by atoms with van der Waals surface area (Å²) in [6, 6.07) is 10.3. The van der Waals surface area contributed by atoms with Gasteiger partial charge >= 0.3 is 6.39 Å². The molecule has 0 spiro atoms. The predicted octanol–water partition coefficient (Wildman–Crippen LogP) is -1.38. The van der Waals surface area contributed by atoms with E-state index in [0.717, 1.165) is 6.54 Å². The molecule has 1 aromatic heterocycles. The van der Waals surface area contributed by atoms with Crippen LogP contribution in [0.4, 0.5) is 0 Å². The molecule has 0 aliphatic carbocycles. The Labute approximate surface area is 87.6 Å². The van der Waals surface area contributed by atoms with E-state index in [1.165, 1.54) is 5.56 Å². The molecular formula is C10H10BrNO. The number of halogens is 1. The molecule has 2 rings (SSSR count). The van der Waals surface area contributed by atoms with Crippen molar-refractivity contribution in [1.29, 1.82) is 0 Å². The van der Waals surface area contributed by atoms with Crippen LogP contribution in [0.3, 0.4) is 0 Å². The topological polar surface area (TPSA) is 17.0 Å². The van der Waals surface area contributed by atoms with Gasteiger partial charge in [-0.15, -0.1) is 0 Å². The first kappa shape index (κ1) is 9.99. The quantitative estimate of drug-likeness (QED) is 0.591. The first-order valence-corrected chi connectivity index (χ1v) is 3.90. The second kappa shape index (κ2) is 4.82. The molecule has 0 saturated carbocycles. The van der Waals surface area contributed by atoms with Crippen LogP contribution < -0.4 is 21.5 Å². The highest BCUT2D eigenvalue weighted by atomic mass is 79.9. The third-order valence-electron chi connectivity index (χ3n) is 1.74. The van der Waals surface area contributed by atoms with Gasteiger partial charge in [0.1, 0.15) is 0 Å². The SMILES string of the molecule is [Br-].c1ccc(C[n+]2ccoc2)cc1. The van der Waals surface area contributed by atoms with Gasteiger partial charge in [-0.1, -0.05) is 30.3 Å². The largest absolute Gasteiger partial charge is 1.00 e. The minimum absolute atomic E-state index is 0. The molecule has 0 N–H and O–H groups in total. The lowest BCUT2D eigenvalue weighted by molar-refractivity contribution is -0.691. The summed E-state index contributed by atoms with van der Waals surface area (Å²) in [7, 11) is 0. The Morgan fingerprint density at radius 3 is 2.54 bits per heavy atom. The Balaban J connectivity index is 0.000000845. The van der Waals surface area contributed by atoms with E-state index in [4.69, 9.17) is 4.42 Å². The molecule has 0 aliphatic rings. The molecular weight excluding hydrogens is 230 g/mol. The molecule has 1 aromatic carbocycles. The van der Waals surface area contributed by atoms with Crippen LogP contribution in [0.15, 0.2) is 53.6 Å². The third-order valence-corrected chi connectivity index (χ3v) is 1.74. The van der Waals surface area contributed by atoms with Gasteiger partial charge in [-0.25, -0.2) is 0 Å². The van der Waals surface area contributed by atoms with Crippen LogP contribution in [0.5, 0.6) is 0 Å². The molecule has 0 saturated heterocycles. The van der Waals surface area contributed by atoms with E-state index in [1.807, 2.05) is 29.0 Å². The minimum Gasteiger partial charge on any atom is -1.00 e. The zero-order chi connectivity index (χ0) is 8.23. The first-order chi connectivity index (χ1) is 5.95. The van der Waals surface area contributed by atoms with Crippen LogP contribution in [0, 0.1) is 0 Å². The number of rotatable bonds is 2. The van der Waals surface area contributed by atoms with Crippen molar-refractivity contribution in [2.24, 2.45) is 0 Å².